The summed E-state index contributed by atoms with van der Waals surface area (Å²) in [6, 6.07) is 0. The van der Waals surface area contributed by atoms with Crippen LogP contribution < -0.4 is 0 Å². The molecular weight excluding hydrogens is 199 g/mol. The number of aliphatic hydroxyl groups is 3. The summed E-state index contributed by atoms with van der Waals surface area (Å²) in [5, 5.41) is 23.1. The first-order chi connectivity index (χ1) is 3.83. The molecule has 0 fully saturated rings. The molecule has 4 heteroatoms. The van der Waals surface area contributed by atoms with Crippen LogP contribution in [0.5, 0.6) is 0 Å². The number of rotatable bonds is 2. The minimum absolute atomic E-state index is 0. The quantitative estimate of drug-likeness (QED) is 0.572. The molecule has 0 amide bonds. The maximum atomic E-state index is 7.88. The molecule has 0 aromatic carbocycles. The van der Waals surface area contributed by atoms with Crippen LogP contribution in [0.3, 0.4) is 0 Å². The van der Waals surface area contributed by atoms with Gasteiger partial charge in [-0.2, -0.15) is 0 Å². The summed E-state index contributed by atoms with van der Waals surface area (Å²) in [5.41, 5.74) is 0. The van der Waals surface area contributed by atoms with Crippen LogP contribution in [0.4, 0.5) is 0 Å². The zero-order valence-electron chi connectivity index (χ0n) is 5.67. The third kappa shape index (κ3) is 52.5. The Hall–Kier alpha value is 0.763. The van der Waals surface area contributed by atoms with Crippen LogP contribution in [0.15, 0.2) is 0 Å². The van der Waals surface area contributed by atoms with Gasteiger partial charge >= 0.3 is 0 Å². The smallest absolute Gasteiger partial charge is 0.0662 e. The van der Waals surface area contributed by atoms with E-state index in [1.165, 1.54) is 0 Å². The average Bonchev–Trinajstić information content (AvgIpc) is 1.88. The molecule has 0 aliphatic carbocycles. The summed E-state index contributed by atoms with van der Waals surface area (Å²) in [6.45, 7) is 2.00. The van der Waals surface area contributed by atoms with Gasteiger partial charge in [-0.25, -0.2) is 0 Å². The van der Waals surface area contributed by atoms with Gasteiger partial charge in [0.2, 0.25) is 0 Å². The van der Waals surface area contributed by atoms with E-state index in [2.05, 4.69) is 0 Å². The fraction of sp³-hybridized carbons (Fsp3) is 1.00. The standard InChI is InChI=1S/C3H8O.C2H6O2.Zr/c1-2-3-4;3-1-2-4;/h4H,2-3H2,1H3;3-4H,1-2H2;. The van der Waals surface area contributed by atoms with Gasteiger partial charge in [-0.1, -0.05) is 6.92 Å². The fourth-order valence-electron chi connectivity index (χ4n) is 0. The van der Waals surface area contributed by atoms with Crippen molar-refractivity contribution in [3.63, 3.8) is 0 Å². The molecule has 0 aromatic heterocycles. The van der Waals surface area contributed by atoms with Crippen molar-refractivity contribution in [2.45, 2.75) is 13.3 Å². The van der Waals surface area contributed by atoms with Gasteiger partial charge in [0.25, 0.3) is 0 Å². The first-order valence-electron chi connectivity index (χ1n) is 2.66. The van der Waals surface area contributed by atoms with E-state index in [4.69, 9.17) is 15.3 Å². The second-order valence-electron chi connectivity index (χ2n) is 1.17. The molecule has 0 aliphatic heterocycles. The van der Waals surface area contributed by atoms with Crippen LogP contribution in [-0.4, -0.2) is 35.1 Å². The van der Waals surface area contributed by atoms with E-state index in [9.17, 15) is 0 Å². The summed E-state index contributed by atoms with van der Waals surface area (Å²) in [5.74, 6) is 0. The molecule has 0 heterocycles. The van der Waals surface area contributed by atoms with Gasteiger partial charge in [-0.15, -0.1) is 0 Å². The summed E-state index contributed by atoms with van der Waals surface area (Å²) in [4.78, 5) is 0. The monoisotopic (exact) mass is 212 g/mol. The zero-order chi connectivity index (χ0) is 6.83. The van der Waals surface area contributed by atoms with E-state index in [0.717, 1.165) is 6.42 Å². The Morgan fingerprint density at radius 2 is 1.11 bits per heavy atom. The maximum Gasteiger partial charge on any atom is 0.0662 e. The van der Waals surface area contributed by atoms with Crippen LogP contribution in [0.25, 0.3) is 0 Å². The molecule has 3 N–H and O–H groups in total. The predicted molar refractivity (Wildman–Crippen MR) is 31.5 cm³/mol. The Labute approximate surface area is 74.8 Å². The fourth-order valence-corrected chi connectivity index (χ4v) is 0. The van der Waals surface area contributed by atoms with Gasteiger partial charge in [-0.05, 0) is 6.42 Å². The first kappa shape index (κ1) is 16.4. The molecule has 0 aliphatic rings. The van der Waals surface area contributed by atoms with E-state index < -0.39 is 0 Å². The largest absolute Gasteiger partial charge is 0.396 e. The first-order valence-corrected chi connectivity index (χ1v) is 2.66. The van der Waals surface area contributed by atoms with Crippen LogP contribution in [0.2, 0.25) is 0 Å². The van der Waals surface area contributed by atoms with Crippen molar-refractivity contribution >= 4 is 0 Å². The molecule has 3 nitrogen and oxygen atoms in total. The van der Waals surface area contributed by atoms with E-state index in [1.54, 1.807) is 0 Å². The van der Waals surface area contributed by atoms with Crippen molar-refractivity contribution in [3.8, 4) is 0 Å². The zero-order valence-corrected chi connectivity index (χ0v) is 8.13. The van der Waals surface area contributed by atoms with Crippen LogP contribution in [-0.2, 0) is 26.2 Å². The van der Waals surface area contributed by atoms with Crippen LogP contribution in [0, 0.1) is 0 Å². The van der Waals surface area contributed by atoms with E-state index in [0.29, 0.717) is 6.61 Å². The molecule has 0 saturated heterocycles. The van der Waals surface area contributed by atoms with Gasteiger partial charge in [0.15, 0.2) is 0 Å². The Morgan fingerprint density at radius 1 is 0.889 bits per heavy atom. The van der Waals surface area contributed by atoms with E-state index >= 15 is 0 Å². The Bertz CT molecular complexity index is 20.2. The average molecular weight is 213 g/mol. The normalized spacial score (nSPS) is 6.67. The van der Waals surface area contributed by atoms with Crippen LogP contribution >= 0.6 is 0 Å². The minimum atomic E-state index is -0.125. The van der Waals surface area contributed by atoms with Crippen molar-refractivity contribution < 1.29 is 41.5 Å². The van der Waals surface area contributed by atoms with Gasteiger partial charge in [0, 0.05) is 32.8 Å². The summed E-state index contributed by atoms with van der Waals surface area (Å²) in [7, 11) is 0. The minimum Gasteiger partial charge on any atom is -0.396 e. The third-order valence-corrected chi connectivity index (χ3v) is 0.324. The van der Waals surface area contributed by atoms with Crippen molar-refractivity contribution in [3.05, 3.63) is 0 Å². The topological polar surface area (TPSA) is 60.7 Å². The second kappa shape index (κ2) is 23.3. The molecule has 0 saturated carbocycles. The van der Waals surface area contributed by atoms with Gasteiger partial charge in [0.05, 0.1) is 13.2 Å². The molecule has 9 heavy (non-hydrogen) atoms. The van der Waals surface area contributed by atoms with Crippen molar-refractivity contribution in [1.29, 1.82) is 0 Å². The Morgan fingerprint density at radius 3 is 1.11 bits per heavy atom. The number of hydrogen-bond acceptors (Lipinski definition) is 3. The summed E-state index contributed by atoms with van der Waals surface area (Å²) >= 11 is 0. The molecule has 0 spiro atoms. The van der Waals surface area contributed by atoms with E-state index in [1.807, 2.05) is 6.92 Å². The molecule has 0 aromatic rings. The van der Waals surface area contributed by atoms with E-state index in [-0.39, 0.29) is 39.4 Å². The molecular formula is C5H14O3Zr. The molecule has 0 unspecified atom stereocenters. The molecule has 0 radical (unpaired) electrons. The number of hydrogen-bond donors (Lipinski definition) is 3. The summed E-state index contributed by atoms with van der Waals surface area (Å²) in [6.07, 6.45) is 0.875. The second-order valence-corrected chi connectivity index (χ2v) is 1.17. The van der Waals surface area contributed by atoms with Crippen LogP contribution in [0.1, 0.15) is 13.3 Å². The number of aliphatic hydroxyl groups excluding tert-OH is 3. The van der Waals surface area contributed by atoms with Crippen molar-refractivity contribution in [2.75, 3.05) is 19.8 Å². The van der Waals surface area contributed by atoms with Gasteiger partial charge < -0.3 is 15.3 Å². The Balaban J connectivity index is -0.0000000720. The Kier molecular flexibility index (Phi) is 42.4. The molecule has 56 valence electrons. The van der Waals surface area contributed by atoms with Crippen molar-refractivity contribution in [2.24, 2.45) is 0 Å². The van der Waals surface area contributed by atoms with Gasteiger partial charge in [-0.3, -0.25) is 0 Å². The third-order valence-electron chi connectivity index (χ3n) is 0.324. The molecule has 0 bridgehead atoms. The molecule has 0 atom stereocenters. The predicted octanol–water partition coefficient (Wildman–Crippen LogP) is -0.643. The SMILES string of the molecule is CCCO.OCCO.[Zr]. The van der Waals surface area contributed by atoms with Crippen molar-refractivity contribution in [1.82, 2.24) is 0 Å². The summed E-state index contributed by atoms with van der Waals surface area (Å²) < 4.78 is 0. The maximum absolute atomic E-state index is 7.88. The van der Waals surface area contributed by atoms with Gasteiger partial charge in [0.1, 0.15) is 0 Å². The molecule has 0 rings (SSSR count).